The first-order chi connectivity index (χ1) is 14.9. The van der Waals surface area contributed by atoms with Crippen LogP contribution in [0, 0.1) is 11.3 Å². The van der Waals surface area contributed by atoms with E-state index >= 15 is 0 Å². The molecule has 1 aliphatic carbocycles. The molecule has 1 aromatic carbocycles. The molecule has 3 aromatic rings. The fraction of sp³-hybridized carbons (Fsp3) is 0.238. The number of aryl methyl sites for hydroxylation is 2. The topological polar surface area (TPSA) is 138 Å². The van der Waals surface area contributed by atoms with Gasteiger partial charge in [0.1, 0.15) is 5.69 Å². The molecule has 0 radical (unpaired) electrons. The zero-order valence-electron chi connectivity index (χ0n) is 16.4. The SMILES string of the molecule is N#Cc1ccc(S(=O)(=O)NCCCn2nc3c(c2C(=O)O)CCc2cnccc2-3)cc1. The van der Waals surface area contributed by atoms with Crippen LogP contribution in [0.5, 0.6) is 0 Å². The van der Waals surface area contributed by atoms with Crippen molar-refractivity contribution in [3.63, 3.8) is 0 Å². The van der Waals surface area contributed by atoms with Gasteiger partial charge in [-0.3, -0.25) is 9.67 Å². The van der Waals surface area contributed by atoms with Gasteiger partial charge in [0.2, 0.25) is 10.0 Å². The second kappa shape index (κ2) is 8.29. The molecular formula is C21H19N5O4S. The van der Waals surface area contributed by atoms with Crippen LogP contribution < -0.4 is 4.72 Å². The number of nitriles is 1. The highest BCUT2D eigenvalue weighted by Crippen LogP contribution is 2.34. The van der Waals surface area contributed by atoms with E-state index < -0.39 is 16.0 Å². The Bertz CT molecular complexity index is 1290. The highest BCUT2D eigenvalue weighted by Gasteiger charge is 2.28. The van der Waals surface area contributed by atoms with Crippen LogP contribution in [-0.4, -0.2) is 40.8 Å². The number of carboxylic acid groups (broad SMARTS) is 1. The predicted octanol–water partition coefficient (Wildman–Crippen LogP) is 1.98. The first-order valence-electron chi connectivity index (χ1n) is 9.67. The van der Waals surface area contributed by atoms with Crippen molar-refractivity contribution in [3.8, 4) is 17.3 Å². The third kappa shape index (κ3) is 4.05. The fourth-order valence-electron chi connectivity index (χ4n) is 3.70. The highest BCUT2D eigenvalue weighted by atomic mass is 32.2. The Kier molecular flexibility index (Phi) is 5.54. The maximum Gasteiger partial charge on any atom is 0.354 e. The summed E-state index contributed by atoms with van der Waals surface area (Å²) in [7, 11) is -3.72. The van der Waals surface area contributed by atoms with Crippen LogP contribution in [0.3, 0.4) is 0 Å². The third-order valence-corrected chi connectivity index (χ3v) is 6.67. The van der Waals surface area contributed by atoms with Gasteiger partial charge in [0.05, 0.1) is 22.2 Å². The van der Waals surface area contributed by atoms with Crippen LogP contribution in [-0.2, 0) is 29.4 Å². The Morgan fingerprint density at radius 2 is 2.00 bits per heavy atom. The molecule has 2 aromatic heterocycles. The minimum atomic E-state index is -3.72. The molecule has 4 rings (SSSR count). The van der Waals surface area contributed by atoms with Gasteiger partial charge in [-0.05, 0) is 55.2 Å². The molecule has 0 spiro atoms. The van der Waals surface area contributed by atoms with Gasteiger partial charge >= 0.3 is 5.97 Å². The zero-order valence-corrected chi connectivity index (χ0v) is 17.3. The predicted molar refractivity (Wildman–Crippen MR) is 111 cm³/mol. The minimum Gasteiger partial charge on any atom is -0.477 e. The number of benzene rings is 1. The second-order valence-corrected chi connectivity index (χ2v) is 8.89. The monoisotopic (exact) mass is 437 g/mol. The summed E-state index contributed by atoms with van der Waals surface area (Å²) in [6.07, 6.45) is 5.06. The van der Waals surface area contributed by atoms with E-state index in [9.17, 15) is 18.3 Å². The Morgan fingerprint density at radius 1 is 1.23 bits per heavy atom. The van der Waals surface area contributed by atoms with Crippen LogP contribution in [0.4, 0.5) is 0 Å². The first kappa shape index (κ1) is 20.7. The van der Waals surface area contributed by atoms with Crippen molar-refractivity contribution >= 4 is 16.0 Å². The van der Waals surface area contributed by atoms with E-state index in [1.807, 2.05) is 12.1 Å². The van der Waals surface area contributed by atoms with Crippen LogP contribution >= 0.6 is 0 Å². The lowest BCUT2D eigenvalue weighted by atomic mass is 9.90. The van der Waals surface area contributed by atoms with Gasteiger partial charge in [0.25, 0.3) is 0 Å². The lowest BCUT2D eigenvalue weighted by Gasteiger charge is -2.14. The minimum absolute atomic E-state index is 0.0671. The summed E-state index contributed by atoms with van der Waals surface area (Å²) in [6.45, 7) is 0.372. The number of hydrogen-bond acceptors (Lipinski definition) is 6. The summed E-state index contributed by atoms with van der Waals surface area (Å²) in [5, 5.41) is 23.1. The standard InChI is InChI=1S/C21H19N5O4S/c22-12-14-2-5-16(6-3-14)31(29,30)24-9-1-11-26-20(21(27)28)18-7-4-15-13-23-10-8-17(15)19(18)25-26/h2-3,5-6,8,10,13,24H,1,4,7,9,11H2,(H,27,28). The van der Waals surface area contributed by atoms with Crippen molar-refractivity contribution in [2.75, 3.05) is 6.54 Å². The number of nitrogens with one attached hydrogen (secondary N) is 1. The molecule has 158 valence electrons. The van der Waals surface area contributed by atoms with Crippen molar-refractivity contribution in [3.05, 3.63) is 65.1 Å². The summed E-state index contributed by atoms with van der Waals surface area (Å²) >= 11 is 0. The van der Waals surface area contributed by atoms with Gasteiger partial charge in [-0.25, -0.2) is 17.9 Å². The van der Waals surface area contributed by atoms with E-state index in [4.69, 9.17) is 5.26 Å². The normalized spacial score (nSPS) is 12.6. The maximum atomic E-state index is 12.4. The zero-order chi connectivity index (χ0) is 22.0. The maximum absolute atomic E-state index is 12.4. The molecule has 10 heteroatoms. The number of carbonyl (C=O) groups is 1. The van der Waals surface area contributed by atoms with Crippen molar-refractivity contribution in [2.24, 2.45) is 0 Å². The summed E-state index contributed by atoms with van der Waals surface area (Å²) in [6, 6.07) is 9.40. The van der Waals surface area contributed by atoms with Crippen molar-refractivity contribution in [1.82, 2.24) is 19.5 Å². The molecule has 0 amide bonds. The Morgan fingerprint density at radius 3 is 2.71 bits per heavy atom. The Hall–Kier alpha value is -3.55. The van der Waals surface area contributed by atoms with E-state index in [0.717, 1.165) is 11.1 Å². The molecule has 31 heavy (non-hydrogen) atoms. The third-order valence-electron chi connectivity index (χ3n) is 5.19. The fourth-order valence-corrected chi connectivity index (χ4v) is 4.77. The van der Waals surface area contributed by atoms with E-state index in [-0.39, 0.29) is 23.7 Å². The molecule has 2 heterocycles. The van der Waals surface area contributed by atoms with Crippen LogP contribution in [0.2, 0.25) is 0 Å². The summed E-state index contributed by atoms with van der Waals surface area (Å²) < 4.78 is 28.7. The molecule has 0 aliphatic heterocycles. The Balaban J connectivity index is 1.47. The lowest BCUT2D eigenvalue weighted by molar-refractivity contribution is 0.0681. The number of carboxylic acids is 1. The quantitative estimate of drug-likeness (QED) is 0.539. The highest BCUT2D eigenvalue weighted by molar-refractivity contribution is 7.89. The molecule has 0 saturated heterocycles. The number of rotatable bonds is 7. The average molecular weight is 437 g/mol. The number of sulfonamides is 1. The van der Waals surface area contributed by atoms with Crippen molar-refractivity contribution < 1.29 is 18.3 Å². The number of pyridine rings is 1. The second-order valence-electron chi connectivity index (χ2n) is 7.12. The smallest absolute Gasteiger partial charge is 0.354 e. The number of aromatic nitrogens is 3. The van der Waals surface area contributed by atoms with Gasteiger partial charge in [-0.2, -0.15) is 10.4 Å². The van der Waals surface area contributed by atoms with E-state index in [1.54, 1.807) is 12.4 Å². The van der Waals surface area contributed by atoms with Crippen LogP contribution in [0.15, 0.2) is 47.6 Å². The van der Waals surface area contributed by atoms with Crippen LogP contribution in [0.25, 0.3) is 11.3 Å². The van der Waals surface area contributed by atoms with Gasteiger partial charge < -0.3 is 5.11 Å². The summed E-state index contributed by atoms with van der Waals surface area (Å²) in [5.74, 6) is -1.05. The molecule has 1 aliphatic rings. The van der Waals surface area contributed by atoms with Gasteiger partial charge in [-0.1, -0.05) is 0 Å². The number of nitrogens with zero attached hydrogens (tertiary/aromatic N) is 4. The first-order valence-corrected chi connectivity index (χ1v) is 11.1. The molecule has 0 fully saturated rings. The molecule has 0 bridgehead atoms. The largest absolute Gasteiger partial charge is 0.477 e. The molecule has 0 unspecified atom stereocenters. The number of aromatic carboxylic acids is 1. The van der Waals surface area contributed by atoms with E-state index in [1.165, 1.54) is 28.9 Å². The van der Waals surface area contributed by atoms with Crippen molar-refractivity contribution in [2.45, 2.75) is 30.7 Å². The molecule has 9 nitrogen and oxygen atoms in total. The summed E-state index contributed by atoms with van der Waals surface area (Å²) in [4.78, 5) is 16.1. The van der Waals surface area contributed by atoms with E-state index in [0.29, 0.717) is 36.1 Å². The van der Waals surface area contributed by atoms with Crippen molar-refractivity contribution in [1.29, 1.82) is 5.26 Å². The lowest BCUT2D eigenvalue weighted by Crippen LogP contribution is -2.26. The molecule has 2 N–H and O–H groups in total. The van der Waals surface area contributed by atoms with Gasteiger partial charge in [0, 0.05) is 36.6 Å². The van der Waals surface area contributed by atoms with Crippen LogP contribution in [0.1, 0.15) is 33.6 Å². The molecule has 0 atom stereocenters. The van der Waals surface area contributed by atoms with E-state index in [2.05, 4.69) is 14.8 Å². The summed E-state index contributed by atoms with van der Waals surface area (Å²) in [5.41, 5.74) is 3.79. The number of hydrogen-bond donors (Lipinski definition) is 2. The van der Waals surface area contributed by atoms with Gasteiger partial charge in [-0.15, -0.1) is 0 Å². The molecular weight excluding hydrogens is 418 g/mol. The Labute approximate surface area is 179 Å². The molecule has 0 saturated carbocycles. The number of fused-ring (bicyclic) bond motifs is 3. The average Bonchev–Trinajstić information content (AvgIpc) is 3.16. The van der Waals surface area contributed by atoms with Gasteiger partial charge in [0.15, 0.2) is 0 Å².